The second-order valence-electron chi connectivity index (χ2n) is 9.34. The van der Waals surface area contributed by atoms with Gasteiger partial charge in [-0.25, -0.2) is 4.79 Å². The van der Waals surface area contributed by atoms with Crippen molar-refractivity contribution in [2.24, 2.45) is 0 Å². The van der Waals surface area contributed by atoms with E-state index in [1.165, 1.54) is 6.92 Å². The summed E-state index contributed by atoms with van der Waals surface area (Å²) in [4.78, 5) is 72.5. The van der Waals surface area contributed by atoms with E-state index in [-0.39, 0.29) is 6.42 Å². The maximum absolute atomic E-state index is 13.4. The number of amides is 1. The number of esters is 5. The van der Waals surface area contributed by atoms with Gasteiger partial charge in [0.05, 0.1) is 13.2 Å². The second-order valence-corrected chi connectivity index (χ2v) is 10.7. The molecule has 1 aromatic carbocycles. The van der Waals surface area contributed by atoms with Crippen LogP contribution in [0.2, 0.25) is 0 Å². The molecular weight excluding hydrogens is 562 g/mol. The number of carbonyl (C=O) groups is 6. The molecule has 1 aromatic rings. The minimum Gasteiger partial charge on any atom is -0.466 e. The molecule has 6 atom stereocenters. The smallest absolute Gasteiger partial charge is 0.349 e. The van der Waals surface area contributed by atoms with E-state index >= 15 is 0 Å². The van der Waals surface area contributed by atoms with Gasteiger partial charge in [0.2, 0.25) is 10.8 Å². The van der Waals surface area contributed by atoms with Gasteiger partial charge in [0.1, 0.15) is 18.8 Å². The molecule has 0 aromatic heterocycles. The van der Waals surface area contributed by atoms with Crippen LogP contribution < -0.4 is 5.32 Å². The number of hydrogen-bond donors (Lipinski definition) is 1. The van der Waals surface area contributed by atoms with Crippen LogP contribution in [0.1, 0.15) is 46.6 Å². The number of ether oxygens (including phenoxy) is 6. The fourth-order valence-corrected chi connectivity index (χ4v) is 5.53. The molecule has 1 saturated heterocycles. The predicted molar refractivity (Wildman–Crippen MR) is 142 cm³/mol. The first-order valence-electron chi connectivity index (χ1n) is 12.6. The molecule has 0 radical (unpaired) electrons. The molecule has 2 rings (SSSR count). The fraction of sp³-hybridized carbons (Fsp3) is 0.556. The van der Waals surface area contributed by atoms with Crippen LogP contribution in [0.15, 0.2) is 29.2 Å². The monoisotopic (exact) mass is 597 g/mol. The normalized spacial score (nSPS) is 23.2. The van der Waals surface area contributed by atoms with Crippen LogP contribution in [-0.2, 0) is 57.2 Å². The number of benzene rings is 1. The Morgan fingerprint density at radius 2 is 1.56 bits per heavy atom. The quantitative estimate of drug-likeness (QED) is 0.289. The summed E-state index contributed by atoms with van der Waals surface area (Å²) in [5.41, 5.74) is 0.956. The van der Waals surface area contributed by atoms with E-state index in [4.69, 9.17) is 28.4 Å². The fourth-order valence-electron chi connectivity index (χ4n) is 4.30. The average molecular weight is 598 g/mol. The van der Waals surface area contributed by atoms with E-state index in [1.807, 2.05) is 19.1 Å². The van der Waals surface area contributed by atoms with Crippen LogP contribution in [0, 0.1) is 6.92 Å². The molecule has 14 heteroatoms. The van der Waals surface area contributed by atoms with Crippen molar-refractivity contribution in [3.8, 4) is 0 Å². The molecule has 226 valence electrons. The molecular formula is C27H35NO12S. The van der Waals surface area contributed by atoms with Gasteiger partial charge >= 0.3 is 29.8 Å². The molecule has 0 spiro atoms. The highest BCUT2D eigenvalue weighted by Crippen LogP contribution is 2.46. The Bertz CT molecular complexity index is 1140. The maximum atomic E-state index is 13.4. The third-order valence-electron chi connectivity index (χ3n) is 5.80. The summed E-state index contributed by atoms with van der Waals surface area (Å²) in [5.74, 6) is -4.53. The van der Waals surface area contributed by atoms with Crippen LogP contribution in [-0.4, -0.2) is 84.9 Å². The zero-order chi connectivity index (χ0) is 30.9. The number of carbonyl (C=O) groups excluding carboxylic acids is 6. The minimum absolute atomic E-state index is 0.284. The third kappa shape index (κ3) is 9.74. The Labute approximate surface area is 241 Å². The number of rotatable bonds is 11. The van der Waals surface area contributed by atoms with Gasteiger partial charge in [0.25, 0.3) is 0 Å². The van der Waals surface area contributed by atoms with E-state index in [0.717, 1.165) is 52.1 Å². The Kier molecular flexibility index (Phi) is 12.1. The van der Waals surface area contributed by atoms with Gasteiger partial charge in [-0.15, -0.1) is 0 Å². The van der Waals surface area contributed by atoms with Crippen molar-refractivity contribution in [1.29, 1.82) is 0 Å². The zero-order valence-corrected chi connectivity index (χ0v) is 24.7. The van der Waals surface area contributed by atoms with Gasteiger partial charge in [-0.05, 0) is 19.1 Å². The van der Waals surface area contributed by atoms with Gasteiger partial charge < -0.3 is 33.7 Å². The standard InChI is InChI=1S/C27H35NO12S/c1-14-8-10-20(11-9-14)41-27(26(34)35-7)12-21(37-17(4)31)23(28-15(2)29)25(40-27)24(39-19(6)33)22(38-18(5)32)13-36-16(3)30/h8-11,21-25H,12-13H2,1-7H3,(H,28,29)/t21?,22-,23-,24-,25-,27+/m1/s1. The molecule has 1 fully saturated rings. The van der Waals surface area contributed by atoms with Gasteiger partial charge in [0, 0.05) is 45.9 Å². The van der Waals surface area contributed by atoms with Gasteiger partial charge in [0.15, 0.2) is 12.2 Å². The Hall–Kier alpha value is -3.65. The summed E-state index contributed by atoms with van der Waals surface area (Å²) in [7, 11) is 1.14. The lowest BCUT2D eigenvalue weighted by molar-refractivity contribution is -0.224. The van der Waals surface area contributed by atoms with E-state index in [2.05, 4.69) is 5.32 Å². The predicted octanol–water partition coefficient (Wildman–Crippen LogP) is 1.61. The number of methoxy groups -OCH3 is 1. The van der Waals surface area contributed by atoms with E-state index in [9.17, 15) is 28.8 Å². The van der Waals surface area contributed by atoms with E-state index < -0.39 is 77.8 Å². The van der Waals surface area contributed by atoms with Gasteiger partial charge in [-0.3, -0.25) is 24.0 Å². The van der Waals surface area contributed by atoms with Crippen molar-refractivity contribution >= 4 is 47.5 Å². The zero-order valence-electron chi connectivity index (χ0n) is 23.9. The molecule has 41 heavy (non-hydrogen) atoms. The third-order valence-corrected chi connectivity index (χ3v) is 7.07. The summed E-state index contributed by atoms with van der Waals surface area (Å²) in [5, 5.41) is 2.64. The van der Waals surface area contributed by atoms with Crippen molar-refractivity contribution in [3.05, 3.63) is 29.8 Å². The Morgan fingerprint density at radius 3 is 2.05 bits per heavy atom. The van der Waals surface area contributed by atoms with Crippen LogP contribution in [0.25, 0.3) is 0 Å². The van der Waals surface area contributed by atoms with Crippen LogP contribution in [0.4, 0.5) is 0 Å². The van der Waals surface area contributed by atoms with Crippen molar-refractivity contribution in [2.75, 3.05) is 13.7 Å². The molecule has 1 heterocycles. The molecule has 1 N–H and O–H groups in total. The molecule has 0 saturated carbocycles. The highest BCUT2D eigenvalue weighted by molar-refractivity contribution is 8.01. The van der Waals surface area contributed by atoms with Crippen molar-refractivity contribution in [2.45, 2.75) is 88.2 Å². The molecule has 0 bridgehead atoms. The first-order valence-corrected chi connectivity index (χ1v) is 13.4. The first kappa shape index (κ1) is 33.6. The van der Waals surface area contributed by atoms with Gasteiger partial charge in [-0.2, -0.15) is 0 Å². The maximum Gasteiger partial charge on any atom is 0.349 e. The largest absolute Gasteiger partial charge is 0.466 e. The highest BCUT2D eigenvalue weighted by atomic mass is 32.2. The second kappa shape index (κ2) is 14.8. The first-order chi connectivity index (χ1) is 19.2. The molecule has 0 aliphatic carbocycles. The summed E-state index contributed by atoms with van der Waals surface area (Å²) < 4.78 is 33.0. The number of nitrogens with one attached hydrogen (secondary N) is 1. The topological polar surface area (TPSA) is 170 Å². The van der Waals surface area contributed by atoms with Crippen molar-refractivity contribution < 1.29 is 57.2 Å². The summed E-state index contributed by atoms with van der Waals surface area (Å²) >= 11 is 0.955. The van der Waals surface area contributed by atoms with Gasteiger partial charge in [-0.1, -0.05) is 29.5 Å². The lowest BCUT2D eigenvalue weighted by Gasteiger charge is -2.48. The highest BCUT2D eigenvalue weighted by Gasteiger charge is 2.58. The summed E-state index contributed by atoms with van der Waals surface area (Å²) in [6, 6.07) is 5.90. The number of hydrogen-bond acceptors (Lipinski definition) is 13. The van der Waals surface area contributed by atoms with Crippen molar-refractivity contribution in [1.82, 2.24) is 5.32 Å². The Morgan fingerprint density at radius 1 is 0.951 bits per heavy atom. The minimum atomic E-state index is -1.90. The van der Waals surface area contributed by atoms with E-state index in [0.29, 0.717) is 4.90 Å². The van der Waals surface area contributed by atoms with Crippen molar-refractivity contribution in [3.63, 3.8) is 0 Å². The van der Waals surface area contributed by atoms with Crippen LogP contribution in [0.3, 0.4) is 0 Å². The molecule has 13 nitrogen and oxygen atoms in total. The van der Waals surface area contributed by atoms with Crippen LogP contribution >= 0.6 is 11.8 Å². The number of thioether (sulfide) groups is 1. The van der Waals surface area contributed by atoms with E-state index in [1.54, 1.807) is 12.1 Å². The average Bonchev–Trinajstić information content (AvgIpc) is 2.86. The lowest BCUT2D eigenvalue weighted by atomic mass is 9.89. The number of aryl methyl sites for hydroxylation is 1. The summed E-state index contributed by atoms with van der Waals surface area (Å²) in [6.07, 6.45) is -5.99. The molecule has 1 aliphatic rings. The Balaban J connectivity index is 2.77. The SMILES string of the molecule is COC(=O)[C@@]1(Sc2ccc(C)cc2)CC(OC(C)=O)[C@@H](NC(C)=O)[C@H]([C@H](OC(C)=O)[C@@H](COC(C)=O)OC(C)=O)O1. The lowest BCUT2D eigenvalue weighted by Crippen LogP contribution is -2.68. The molecule has 1 aliphatic heterocycles. The van der Waals surface area contributed by atoms with Crippen LogP contribution in [0.5, 0.6) is 0 Å². The molecule has 1 unspecified atom stereocenters. The molecule has 1 amide bonds. The summed E-state index contributed by atoms with van der Waals surface area (Å²) in [6.45, 7) is 6.97.